The number of fused-ring (bicyclic) bond motifs is 1. The Morgan fingerprint density at radius 1 is 1.14 bits per heavy atom. The van der Waals surface area contributed by atoms with Crippen molar-refractivity contribution in [2.24, 2.45) is 0 Å². The summed E-state index contributed by atoms with van der Waals surface area (Å²) in [6.45, 7) is 4.22. The molecule has 0 spiro atoms. The monoisotopic (exact) mass is 402 g/mol. The summed E-state index contributed by atoms with van der Waals surface area (Å²) >= 11 is 0. The van der Waals surface area contributed by atoms with E-state index in [0.29, 0.717) is 43.4 Å². The highest BCUT2D eigenvalue weighted by atomic mass is 16.7. The third-order valence-corrected chi connectivity index (χ3v) is 4.90. The quantitative estimate of drug-likeness (QED) is 0.662. The van der Waals surface area contributed by atoms with Gasteiger partial charge in [-0.05, 0) is 17.7 Å². The number of carbonyl (C=O) groups excluding carboxylic acids is 1. The van der Waals surface area contributed by atoms with Crippen LogP contribution in [0.4, 0.5) is 0 Å². The number of H-pyrrole nitrogens is 1. The third-order valence-electron chi connectivity index (χ3n) is 4.90. The van der Waals surface area contributed by atoms with Crippen LogP contribution in [-0.2, 0) is 11.3 Å². The second-order valence-electron chi connectivity index (χ2n) is 6.80. The van der Waals surface area contributed by atoms with Gasteiger partial charge in [-0.3, -0.25) is 19.1 Å². The first-order valence-corrected chi connectivity index (χ1v) is 9.41. The topological polar surface area (TPSA) is 115 Å². The average Bonchev–Trinajstić information content (AvgIpc) is 3.20. The normalized spacial score (nSPS) is 16.0. The van der Waals surface area contributed by atoms with Crippen LogP contribution in [0.2, 0.25) is 0 Å². The molecule has 29 heavy (non-hydrogen) atoms. The van der Waals surface area contributed by atoms with Crippen molar-refractivity contribution >= 4 is 5.91 Å². The van der Waals surface area contributed by atoms with Crippen molar-refractivity contribution in [2.75, 3.05) is 46.2 Å². The summed E-state index contributed by atoms with van der Waals surface area (Å²) < 4.78 is 16.9. The molecule has 2 aliphatic heterocycles. The van der Waals surface area contributed by atoms with Gasteiger partial charge in [0.15, 0.2) is 11.5 Å². The number of carbonyl (C=O) groups is 1. The molecule has 0 unspecified atom stereocenters. The van der Waals surface area contributed by atoms with Gasteiger partial charge in [0.25, 0.3) is 11.5 Å². The van der Waals surface area contributed by atoms with Gasteiger partial charge in [0.2, 0.25) is 6.79 Å². The fourth-order valence-electron chi connectivity index (χ4n) is 3.29. The molecule has 0 radical (unpaired) electrons. The van der Waals surface area contributed by atoms with Gasteiger partial charge in [-0.15, -0.1) is 0 Å². The molecule has 10 heteroatoms. The number of morpholine rings is 1. The van der Waals surface area contributed by atoms with Crippen LogP contribution in [0.15, 0.2) is 34.0 Å². The molecule has 10 nitrogen and oxygen atoms in total. The molecule has 1 amide bonds. The van der Waals surface area contributed by atoms with Crippen LogP contribution in [0.25, 0.3) is 0 Å². The standard InChI is InChI=1S/C19H22N4O6/c24-17(20-3-4-22-5-7-27-8-6-22)14-10-21-19(26)23(18(14)25)11-13-1-2-15-16(9-13)29-12-28-15/h1-2,9-10H,3-8,11-12H2,(H,20,24)(H,21,26). The Kier molecular flexibility index (Phi) is 5.63. The highest BCUT2D eigenvalue weighted by molar-refractivity contribution is 5.93. The minimum absolute atomic E-state index is 0.0136. The Hall–Kier alpha value is -3.11. The zero-order valence-electron chi connectivity index (χ0n) is 15.8. The number of rotatable bonds is 6. The molecule has 3 heterocycles. The molecular weight excluding hydrogens is 380 g/mol. The fraction of sp³-hybridized carbons (Fsp3) is 0.421. The first-order valence-electron chi connectivity index (χ1n) is 9.41. The highest BCUT2D eigenvalue weighted by Crippen LogP contribution is 2.32. The number of ether oxygens (including phenoxy) is 3. The lowest BCUT2D eigenvalue weighted by Crippen LogP contribution is -2.44. The molecule has 0 atom stereocenters. The van der Waals surface area contributed by atoms with Crippen LogP contribution < -0.4 is 26.0 Å². The van der Waals surface area contributed by atoms with E-state index >= 15 is 0 Å². The van der Waals surface area contributed by atoms with Crippen LogP contribution in [0.3, 0.4) is 0 Å². The number of nitrogens with zero attached hydrogens (tertiary/aromatic N) is 2. The van der Waals surface area contributed by atoms with E-state index in [0.717, 1.165) is 23.9 Å². The maximum atomic E-state index is 12.7. The van der Waals surface area contributed by atoms with E-state index in [-0.39, 0.29) is 18.9 Å². The fourth-order valence-corrected chi connectivity index (χ4v) is 3.29. The van der Waals surface area contributed by atoms with Gasteiger partial charge in [-0.1, -0.05) is 6.07 Å². The number of amides is 1. The Balaban J connectivity index is 1.45. The predicted octanol–water partition coefficient (Wildman–Crippen LogP) is -0.624. The van der Waals surface area contributed by atoms with Crippen molar-refractivity contribution in [1.82, 2.24) is 19.8 Å². The van der Waals surface area contributed by atoms with E-state index in [1.165, 1.54) is 0 Å². The van der Waals surface area contributed by atoms with Gasteiger partial charge in [0, 0.05) is 32.4 Å². The number of nitrogens with one attached hydrogen (secondary N) is 2. The average molecular weight is 402 g/mol. The van der Waals surface area contributed by atoms with Crippen molar-refractivity contribution in [3.63, 3.8) is 0 Å². The van der Waals surface area contributed by atoms with Gasteiger partial charge >= 0.3 is 5.69 Å². The number of aromatic amines is 1. The van der Waals surface area contributed by atoms with Gasteiger partial charge in [-0.25, -0.2) is 4.79 Å². The molecular formula is C19H22N4O6. The predicted molar refractivity (Wildman–Crippen MR) is 103 cm³/mol. The zero-order chi connectivity index (χ0) is 20.2. The van der Waals surface area contributed by atoms with Gasteiger partial charge in [-0.2, -0.15) is 0 Å². The summed E-state index contributed by atoms with van der Waals surface area (Å²) in [7, 11) is 0. The number of hydrogen-bond acceptors (Lipinski definition) is 7. The van der Waals surface area contributed by atoms with E-state index in [9.17, 15) is 14.4 Å². The molecule has 1 aromatic heterocycles. The molecule has 0 aliphatic carbocycles. The molecule has 1 fully saturated rings. The molecule has 4 rings (SSSR count). The molecule has 2 aromatic rings. The first kappa shape index (κ1) is 19.2. The number of aromatic nitrogens is 2. The van der Waals surface area contributed by atoms with E-state index < -0.39 is 17.2 Å². The summed E-state index contributed by atoms with van der Waals surface area (Å²) in [5.74, 6) is 0.659. The summed E-state index contributed by atoms with van der Waals surface area (Å²) in [6, 6.07) is 5.18. The SMILES string of the molecule is O=C(NCCN1CCOCC1)c1c[nH]c(=O)n(Cc2ccc3c(c2)OCO3)c1=O. The Morgan fingerprint density at radius 3 is 2.76 bits per heavy atom. The van der Waals surface area contributed by atoms with Gasteiger partial charge in [0.1, 0.15) is 5.56 Å². The largest absolute Gasteiger partial charge is 0.454 e. The minimum Gasteiger partial charge on any atom is -0.454 e. The van der Waals surface area contributed by atoms with Crippen LogP contribution in [0.5, 0.6) is 11.5 Å². The second kappa shape index (κ2) is 8.50. The lowest BCUT2D eigenvalue weighted by atomic mass is 10.2. The lowest BCUT2D eigenvalue weighted by molar-refractivity contribution is 0.0383. The number of hydrogen-bond donors (Lipinski definition) is 2. The van der Waals surface area contributed by atoms with Crippen molar-refractivity contribution in [2.45, 2.75) is 6.54 Å². The molecule has 1 saturated heterocycles. The van der Waals surface area contributed by atoms with Gasteiger partial charge < -0.3 is 24.5 Å². The van der Waals surface area contributed by atoms with E-state index in [1.54, 1.807) is 18.2 Å². The molecule has 1 aromatic carbocycles. The van der Waals surface area contributed by atoms with Crippen LogP contribution in [0, 0.1) is 0 Å². The summed E-state index contributed by atoms with van der Waals surface area (Å²) in [5, 5.41) is 2.74. The van der Waals surface area contributed by atoms with Crippen molar-refractivity contribution < 1.29 is 19.0 Å². The van der Waals surface area contributed by atoms with Crippen LogP contribution >= 0.6 is 0 Å². The maximum Gasteiger partial charge on any atom is 0.328 e. The summed E-state index contributed by atoms with van der Waals surface area (Å²) in [4.78, 5) is 42.0. The molecule has 2 aliphatic rings. The van der Waals surface area contributed by atoms with Crippen LogP contribution in [-0.4, -0.2) is 66.5 Å². The van der Waals surface area contributed by atoms with E-state index in [2.05, 4.69) is 15.2 Å². The Labute approximate surface area is 166 Å². The number of benzene rings is 1. The van der Waals surface area contributed by atoms with Crippen LogP contribution in [0.1, 0.15) is 15.9 Å². The Morgan fingerprint density at radius 2 is 1.93 bits per heavy atom. The van der Waals surface area contributed by atoms with Gasteiger partial charge in [0.05, 0.1) is 19.8 Å². The van der Waals surface area contributed by atoms with E-state index in [4.69, 9.17) is 14.2 Å². The van der Waals surface area contributed by atoms with E-state index in [1.807, 2.05) is 0 Å². The third kappa shape index (κ3) is 4.33. The van der Waals surface area contributed by atoms with Crippen molar-refractivity contribution in [1.29, 1.82) is 0 Å². The first-order chi connectivity index (χ1) is 14.1. The zero-order valence-corrected chi connectivity index (χ0v) is 15.8. The minimum atomic E-state index is -0.643. The maximum absolute atomic E-state index is 12.7. The Bertz CT molecular complexity index is 1010. The molecule has 154 valence electrons. The smallest absolute Gasteiger partial charge is 0.328 e. The molecule has 0 bridgehead atoms. The summed E-state index contributed by atoms with van der Waals surface area (Å²) in [5.41, 5.74) is -0.646. The van der Waals surface area contributed by atoms with Crippen molar-refractivity contribution in [3.8, 4) is 11.5 Å². The lowest BCUT2D eigenvalue weighted by Gasteiger charge is -2.26. The summed E-state index contributed by atoms with van der Waals surface area (Å²) in [6.07, 6.45) is 1.16. The second-order valence-corrected chi connectivity index (χ2v) is 6.80. The van der Waals surface area contributed by atoms with Crippen molar-refractivity contribution in [3.05, 3.63) is 56.4 Å². The molecule has 0 saturated carbocycles. The highest BCUT2D eigenvalue weighted by Gasteiger charge is 2.18. The molecule has 2 N–H and O–H groups in total.